The van der Waals surface area contributed by atoms with Crippen LogP contribution in [0.3, 0.4) is 0 Å². The average Bonchev–Trinajstić information content (AvgIpc) is 2.70. The molecule has 1 fully saturated rings. The van der Waals surface area contributed by atoms with E-state index >= 15 is 0 Å². The lowest BCUT2D eigenvalue weighted by Crippen LogP contribution is -2.48. The van der Waals surface area contributed by atoms with Gasteiger partial charge in [0, 0.05) is 32.7 Å². The summed E-state index contributed by atoms with van der Waals surface area (Å²) in [5, 5.41) is 2.94. The van der Waals surface area contributed by atoms with Gasteiger partial charge in [-0.15, -0.1) is 0 Å². The summed E-state index contributed by atoms with van der Waals surface area (Å²) in [5.41, 5.74) is 1.94. The third-order valence-corrected chi connectivity index (χ3v) is 4.69. The van der Waals surface area contributed by atoms with E-state index in [4.69, 9.17) is 4.74 Å². The Morgan fingerprint density at radius 2 is 1.67 bits per heavy atom. The number of ether oxygens (including phenoxy) is 1. The van der Waals surface area contributed by atoms with Gasteiger partial charge in [-0.1, -0.05) is 54.6 Å². The summed E-state index contributed by atoms with van der Waals surface area (Å²) < 4.78 is 5.28. The first-order valence-electron chi connectivity index (χ1n) is 9.34. The van der Waals surface area contributed by atoms with Gasteiger partial charge in [-0.05, 0) is 17.7 Å². The standard InChI is InChI=1S/C22H27N3O2/c1-27-21-12-6-5-11-20(21)23-22(26)18-25-16-14-24(15-17-25)13-7-10-19-8-3-2-4-9-19/h2-12H,13-18H2,1H3,(H,23,26). The molecule has 0 spiro atoms. The van der Waals surface area contributed by atoms with Gasteiger partial charge in [-0.2, -0.15) is 0 Å². The fourth-order valence-corrected chi connectivity index (χ4v) is 3.17. The van der Waals surface area contributed by atoms with Crippen LogP contribution >= 0.6 is 0 Å². The highest BCUT2D eigenvalue weighted by atomic mass is 16.5. The van der Waals surface area contributed by atoms with E-state index < -0.39 is 0 Å². The van der Waals surface area contributed by atoms with Gasteiger partial charge in [0.15, 0.2) is 0 Å². The van der Waals surface area contributed by atoms with Gasteiger partial charge in [-0.25, -0.2) is 0 Å². The molecule has 1 saturated heterocycles. The number of hydrogen-bond acceptors (Lipinski definition) is 4. The van der Waals surface area contributed by atoms with E-state index in [1.165, 1.54) is 5.56 Å². The Kier molecular flexibility index (Phi) is 7.02. The van der Waals surface area contributed by atoms with Crippen molar-refractivity contribution in [2.45, 2.75) is 0 Å². The lowest BCUT2D eigenvalue weighted by Gasteiger charge is -2.33. The first kappa shape index (κ1) is 19.1. The fraction of sp³-hybridized carbons (Fsp3) is 0.318. The molecule has 0 bridgehead atoms. The Bertz CT molecular complexity index is 753. The molecule has 0 aromatic heterocycles. The molecule has 1 aliphatic heterocycles. The van der Waals surface area contributed by atoms with E-state index in [-0.39, 0.29) is 5.91 Å². The Balaban J connectivity index is 1.40. The van der Waals surface area contributed by atoms with Crippen molar-refractivity contribution in [1.82, 2.24) is 9.80 Å². The molecule has 2 aromatic carbocycles. The predicted molar refractivity (Wildman–Crippen MR) is 110 cm³/mol. The van der Waals surface area contributed by atoms with E-state index in [1.807, 2.05) is 30.3 Å². The van der Waals surface area contributed by atoms with Crippen molar-refractivity contribution in [3.8, 4) is 5.75 Å². The summed E-state index contributed by atoms with van der Waals surface area (Å²) in [4.78, 5) is 16.9. The quantitative estimate of drug-likeness (QED) is 0.819. The number of nitrogens with zero attached hydrogens (tertiary/aromatic N) is 2. The first-order valence-corrected chi connectivity index (χ1v) is 9.34. The number of rotatable bonds is 7. The monoisotopic (exact) mass is 365 g/mol. The largest absolute Gasteiger partial charge is 0.495 e. The summed E-state index contributed by atoms with van der Waals surface area (Å²) in [6.07, 6.45) is 4.37. The molecule has 5 heteroatoms. The molecule has 1 heterocycles. The number of anilines is 1. The second kappa shape index (κ2) is 9.90. The second-order valence-electron chi connectivity index (χ2n) is 6.64. The smallest absolute Gasteiger partial charge is 0.238 e. The number of carbonyl (C=O) groups excluding carboxylic acids is 1. The Hall–Kier alpha value is -2.63. The molecule has 0 aliphatic carbocycles. The van der Waals surface area contributed by atoms with Crippen molar-refractivity contribution in [2.24, 2.45) is 0 Å². The zero-order valence-electron chi connectivity index (χ0n) is 15.8. The third-order valence-electron chi connectivity index (χ3n) is 4.69. The molecule has 142 valence electrons. The Morgan fingerprint density at radius 3 is 2.41 bits per heavy atom. The second-order valence-corrected chi connectivity index (χ2v) is 6.64. The minimum absolute atomic E-state index is 0.00285. The molecule has 0 atom stereocenters. The van der Waals surface area contributed by atoms with Crippen LogP contribution in [0, 0.1) is 0 Å². The van der Waals surface area contributed by atoms with Gasteiger partial charge < -0.3 is 10.1 Å². The lowest BCUT2D eigenvalue weighted by atomic mass is 10.2. The van der Waals surface area contributed by atoms with Crippen LogP contribution in [0.2, 0.25) is 0 Å². The summed E-state index contributed by atoms with van der Waals surface area (Å²) in [5.74, 6) is 0.679. The number of para-hydroxylation sites is 2. The van der Waals surface area contributed by atoms with Crippen LogP contribution in [-0.4, -0.2) is 62.1 Å². The van der Waals surface area contributed by atoms with Crippen molar-refractivity contribution in [2.75, 3.05) is 51.7 Å². The SMILES string of the molecule is COc1ccccc1NC(=O)CN1CCN(CC=Cc2ccccc2)CC1. The maximum atomic E-state index is 12.3. The van der Waals surface area contributed by atoms with Crippen molar-refractivity contribution in [1.29, 1.82) is 0 Å². The minimum Gasteiger partial charge on any atom is -0.495 e. The number of carbonyl (C=O) groups is 1. The number of piperazine rings is 1. The van der Waals surface area contributed by atoms with Crippen LogP contribution in [-0.2, 0) is 4.79 Å². The molecule has 0 saturated carbocycles. The highest BCUT2D eigenvalue weighted by Crippen LogP contribution is 2.22. The summed E-state index contributed by atoms with van der Waals surface area (Å²) in [6, 6.07) is 17.8. The average molecular weight is 365 g/mol. The molecule has 0 unspecified atom stereocenters. The summed E-state index contributed by atoms with van der Waals surface area (Å²) in [6.45, 7) is 5.10. The predicted octanol–water partition coefficient (Wildman–Crippen LogP) is 2.96. The Labute approximate surface area is 161 Å². The number of benzene rings is 2. The molecular formula is C22H27N3O2. The highest BCUT2D eigenvalue weighted by molar-refractivity contribution is 5.93. The molecule has 1 aliphatic rings. The van der Waals surface area contributed by atoms with E-state index in [0.717, 1.165) is 38.4 Å². The van der Waals surface area contributed by atoms with E-state index in [0.29, 0.717) is 12.3 Å². The molecular weight excluding hydrogens is 338 g/mol. The number of hydrogen-bond donors (Lipinski definition) is 1. The van der Waals surface area contributed by atoms with Crippen molar-refractivity contribution in [3.63, 3.8) is 0 Å². The van der Waals surface area contributed by atoms with E-state index in [9.17, 15) is 4.79 Å². The molecule has 5 nitrogen and oxygen atoms in total. The zero-order chi connectivity index (χ0) is 18.9. The molecule has 3 rings (SSSR count). The van der Waals surface area contributed by atoms with Crippen LogP contribution in [0.1, 0.15) is 5.56 Å². The molecule has 2 aromatic rings. The number of methoxy groups -OCH3 is 1. The van der Waals surface area contributed by atoms with Gasteiger partial charge in [0.2, 0.25) is 5.91 Å². The number of nitrogens with one attached hydrogen (secondary N) is 1. The van der Waals surface area contributed by atoms with Crippen molar-refractivity contribution in [3.05, 3.63) is 66.2 Å². The molecule has 27 heavy (non-hydrogen) atoms. The van der Waals surface area contributed by atoms with Crippen molar-refractivity contribution >= 4 is 17.7 Å². The number of amides is 1. The Morgan fingerprint density at radius 1 is 1.00 bits per heavy atom. The van der Waals surface area contributed by atoms with Gasteiger partial charge in [0.1, 0.15) is 5.75 Å². The zero-order valence-corrected chi connectivity index (χ0v) is 15.8. The molecule has 1 N–H and O–H groups in total. The van der Waals surface area contributed by atoms with Crippen LogP contribution in [0.5, 0.6) is 5.75 Å². The van der Waals surface area contributed by atoms with Gasteiger partial charge in [-0.3, -0.25) is 14.6 Å². The molecule has 1 amide bonds. The van der Waals surface area contributed by atoms with Gasteiger partial charge in [0.05, 0.1) is 19.3 Å². The van der Waals surface area contributed by atoms with Crippen LogP contribution in [0.15, 0.2) is 60.7 Å². The minimum atomic E-state index is -0.00285. The maximum absolute atomic E-state index is 12.3. The normalized spacial score (nSPS) is 15.7. The third kappa shape index (κ3) is 5.94. The maximum Gasteiger partial charge on any atom is 0.238 e. The van der Waals surface area contributed by atoms with Crippen LogP contribution in [0.4, 0.5) is 5.69 Å². The van der Waals surface area contributed by atoms with E-state index in [2.05, 4.69) is 51.5 Å². The lowest BCUT2D eigenvalue weighted by molar-refractivity contribution is -0.117. The first-order chi connectivity index (χ1) is 13.2. The van der Waals surface area contributed by atoms with Crippen LogP contribution < -0.4 is 10.1 Å². The highest BCUT2D eigenvalue weighted by Gasteiger charge is 2.18. The van der Waals surface area contributed by atoms with Gasteiger partial charge in [0.25, 0.3) is 0 Å². The van der Waals surface area contributed by atoms with Gasteiger partial charge >= 0.3 is 0 Å². The topological polar surface area (TPSA) is 44.8 Å². The van der Waals surface area contributed by atoms with Crippen molar-refractivity contribution < 1.29 is 9.53 Å². The molecule has 0 radical (unpaired) electrons. The van der Waals surface area contributed by atoms with Crippen LogP contribution in [0.25, 0.3) is 6.08 Å². The summed E-state index contributed by atoms with van der Waals surface area (Å²) in [7, 11) is 1.61. The van der Waals surface area contributed by atoms with E-state index in [1.54, 1.807) is 7.11 Å². The fourth-order valence-electron chi connectivity index (χ4n) is 3.17. The summed E-state index contributed by atoms with van der Waals surface area (Å²) >= 11 is 0.